The van der Waals surface area contributed by atoms with Crippen LogP contribution in [0.15, 0.2) is 0 Å². The lowest BCUT2D eigenvalue weighted by Crippen LogP contribution is -2.56. The van der Waals surface area contributed by atoms with Crippen LogP contribution in [0.4, 0.5) is 4.79 Å². The summed E-state index contributed by atoms with van der Waals surface area (Å²) in [4.78, 5) is 23.8. The highest BCUT2D eigenvalue weighted by atomic mass is 32.2. The number of hydrogen-bond donors (Lipinski definition) is 5. The minimum atomic E-state index is -1.27. The van der Waals surface area contributed by atoms with Crippen LogP contribution in [0.1, 0.15) is 20.8 Å². The van der Waals surface area contributed by atoms with Crippen molar-refractivity contribution in [2.75, 3.05) is 19.5 Å². The van der Waals surface area contributed by atoms with Gasteiger partial charge in [0, 0.05) is 5.75 Å². The van der Waals surface area contributed by atoms with Gasteiger partial charge < -0.3 is 34.8 Å². The van der Waals surface area contributed by atoms with Gasteiger partial charge in [0.15, 0.2) is 0 Å². The Labute approximate surface area is 162 Å². The fraction of sp³-hybridized carbons (Fsp3) is 0.867. The molecule has 1 aliphatic rings. The predicted molar refractivity (Wildman–Crippen MR) is 98.2 cm³/mol. The van der Waals surface area contributed by atoms with Crippen LogP contribution in [-0.2, 0) is 19.0 Å². The van der Waals surface area contributed by atoms with E-state index in [1.54, 1.807) is 20.8 Å². The minimum absolute atomic E-state index is 0.0502. The summed E-state index contributed by atoms with van der Waals surface area (Å²) >= 11 is 5.32. The molecule has 0 bridgehead atoms. The van der Waals surface area contributed by atoms with Gasteiger partial charge >= 0.3 is 12.1 Å². The Bertz CT molecular complexity index is 485. The highest BCUT2D eigenvalue weighted by Crippen LogP contribution is 2.32. The number of thioether (sulfide) groups is 1. The predicted octanol–water partition coefficient (Wildman–Crippen LogP) is -0.477. The number of esters is 1. The van der Waals surface area contributed by atoms with Crippen LogP contribution >= 0.6 is 24.4 Å². The van der Waals surface area contributed by atoms with Crippen LogP contribution in [0, 0.1) is 0 Å². The molecule has 1 fully saturated rings. The van der Waals surface area contributed by atoms with E-state index in [1.807, 2.05) is 0 Å². The van der Waals surface area contributed by atoms with Gasteiger partial charge in [-0.25, -0.2) is 9.59 Å². The van der Waals surface area contributed by atoms with Crippen LogP contribution in [-0.4, -0.2) is 87.5 Å². The van der Waals surface area contributed by atoms with Crippen LogP contribution in [0.25, 0.3) is 0 Å². The zero-order valence-corrected chi connectivity index (χ0v) is 16.8. The number of amides is 1. The fourth-order valence-corrected chi connectivity index (χ4v) is 3.84. The summed E-state index contributed by atoms with van der Waals surface area (Å²) in [6.07, 6.45) is -4.22. The molecule has 1 heterocycles. The molecule has 1 aliphatic heterocycles. The summed E-state index contributed by atoms with van der Waals surface area (Å²) in [5, 5.41) is 30.7. The molecule has 1 rings (SSSR count). The van der Waals surface area contributed by atoms with Crippen molar-refractivity contribution in [3.63, 3.8) is 0 Å². The number of carbonyl (C=O) groups is 2. The molecule has 0 aromatic carbocycles. The number of alkyl carbamates (subject to hydrolysis) is 1. The van der Waals surface area contributed by atoms with Crippen molar-refractivity contribution in [1.29, 1.82) is 0 Å². The fourth-order valence-electron chi connectivity index (χ4n) is 2.16. The first-order valence-electron chi connectivity index (χ1n) is 7.99. The Morgan fingerprint density at radius 1 is 1.31 bits per heavy atom. The first-order chi connectivity index (χ1) is 12.0. The SMILES string of the molecule is COC(=O)C(CS[C@H]1O[C@H](CO)[C@@H](O)[C@H](O)[C@@H]1S)NC(=O)OC(C)(C)C. The molecule has 0 aliphatic carbocycles. The molecule has 6 atom stereocenters. The van der Waals surface area contributed by atoms with E-state index < -0.39 is 59.3 Å². The van der Waals surface area contributed by atoms with Gasteiger partial charge in [-0.2, -0.15) is 12.6 Å². The molecule has 1 unspecified atom stereocenters. The van der Waals surface area contributed by atoms with Crippen molar-refractivity contribution in [2.24, 2.45) is 0 Å². The van der Waals surface area contributed by atoms with Crippen molar-refractivity contribution in [1.82, 2.24) is 5.32 Å². The Morgan fingerprint density at radius 3 is 2.42 bits per heavy atom. The Hall–Kier alpha value is -0.720. The van der Waals surface area contributed by atoms with Crippen molar-refractivity contribution in [2.45, 2.75) is 61.4 Å². The number of methoxy groups -OCH3 is 1. The standard InChI is InChI=1S/C15H27NO8S2/c1-15(2,3)24-14(21)16-7(12(20)22-4)6-26-13-11(25)10(19)9(18)8(5-17)23-13/h7-11,13,17-19,25H,5-6H2,1-4H3,(H,16,21)/t7?,8-,9-,10+,11+,13-/m1/s1. The van der Waals surface area contributed by atoms with Crippen LogP contribution in [0.5, 0.6) is 0 Å². The molecule has 0 saturated carbocycles. The third-order valence-electron chi connectivity index (χ3n) is 3.45. The highest BCUT2D eigenvalue weighted by molar-refractivity contribution is 8.00. The lowest BCUT2D eigenvalue weighted by Gasteiger charge is -2.40. The van der Waals surface area contributed by atoms with Gasteiger partial charge in [0.2, 0.25) is 0 Å². The molecule has 0 spiro atoms. The van der Waals surface area contributed by atoms with Crippen LogP contribution < -0.4 is 5.32 Å². The van der Waals surface area contributed by atoms with Gasteiger partial charge in [0.1, 0.15) is 29.3 Å². The minimum Gasteiger partial charge on any atom is -0.467 e. The van der Waals surface area contributed by atoms with E-state index in [4.69, 9.17) is 9.47 Å². The number of ether oxygens (including phenoxy) is 3. The summed E-state index contributed by atoms with van der Waals surface area (Å²) in [6.45, 7) is 4.60. The number of rotatable bonds is 6. The van der Waals surface area contributed by atoms with E-state index in [0.717, 1.165) is 11.8 Å². The van der Waals surface area contributed by atoms with E-state index in [1.165, 1.54) is 7.11 Å². The molecule has 1 saturated heterocycles. The van der Waals surface area contributed by atoms with Crippen molar-refractivity contribution in [3.8, 4) is 0 Å². The second-order valence-electron chi connectivity index (χ2n) is 6.75. The van der Waals surface area contributed by atoms with Gasteiger partial charge in [0.05, 0.1) is 25.1 Å². The normalized spacial score (nSPS) is 30.4. The summed E-state index contributed by atoms with van der Waals surface area (Å²) in [5.41, 5.74) is -1.45. The number of hydrogen-bond acceptors (Lipinski definition) is 10. The van der Waals surface area contributed by atoms with Gasteiger partial charge in [-0.15, -0.1) is 11.8 Å². The first kappa shape index (κ1) is 23.3. The Balaban J connectivity index is 2.71. The molecule has 26 heavy (non-hydrogen) atoms. The van der Waals surface area contributed by atoms with Crippen LogP contribution in [0.3, 0.4) is 0 Å². The van der Waals surface area contributed by atoms with Gasteiger partial charge in [-0.3, -0.25) is 0 Å². The zero-order chi connectivity index (χ0) is 20.1. The largest absolute Gasteiger partial charge is 0.467 e. The molecule has 11 heteroatoms. The smallest absolute Gasteiger partial charge is 0.408 e. The van der Waals surface area contributed by atoms with Crippen LogP contribution in [0.2, 0.25) is 0 Å². The quantitative estimate of drug-likeness (QED) is 0.289. The maximum Gasteiger partial charge on any atom is 0.408 e. The second-order valence-corrected chi connectivity index (χ2v) is 8.48. The molecule has 152 valence electrons. The average molecular weight is 414 g/mol. The van der Waals surface area contributed by atoms with E-state index >= 15 is 0 Å². The monoisotopic (exact) mass is 413 g/mol. The number of aliphatic hydroxyl groups is 3. The van der Waals surface area contributed by atoms with Crippen molar-refractivity contribution < 1.29 is 39.1 Å². The molecule has 4 N–H and O–H groups in total. The average Bonchev–Trinajstić information content (AvgIpc) is 2.55. The molecular weight excluding hydrogens is 386 g/mol. The molecular formula is C15H27NO8S2. The number of aliphatic hydroxyl groups excluding tert-OH is 3. The lowest BCUT2D eigenvalue weighted by atomic mass is 10.0. The molecule has 0 aromatic heterocycles. The third kappa shape index (κ3) is 6.78. The van der Waals surface area contributed by atoms with Gasteiger partial charge in [-0.05, 0) is 20.8 Å². The van der Waals surface area contributed by atoms with Crippen molar-refractivity contribution in [3.05, 3.63) is 0 Å². The van der Waals surface area contributed by atoms with Crippen molar-refractivity contribution >= 4 is 36.5 Å². The lowest BCUT2D eigenvalue weighted by molar-refractivity contribution is -0.153. The van der Waals surface area contributed by atoms with E-state index in [2.05, 4.69) is 22.7 Å². The summed E-state index contributed by atoms with van der Waals surface area (Å²) in [6, 6.07) is -1.01. The Morgan fingerprint density at radius 2 is 1.92 bits per heavy atom. The number of thiol groups is 1. The van der Waals surface area contributed by atoms with Gasteiger partial charge in [0.25, 0.3) is 0 Å². The van der Waals surface area contributed by atoms with E-state index in [9.17, 15) is 24.9 Å². The maximum atomic E-state index is 11.9. The molecule has 0 aromatic rings. The third-order valence-corrected chi connectivity index (χ3v) is 5.49. The zero-order valence-electron chi connectivity index (χ0n) is 15.1. The molecule has 1 amide bonds. The second kappa shape index (κ2) is 10.00. The summed E-state index contributed by atoms with van der Waals surface area (Å²) in [7, 11) is 1.19. The Kier molecular flexibility index (Phi) is 8.97. The van der Waals surface area contributed by atoms with E-state index in [0.29, 0.717) is 0 Å². The molecule has 9 nitrogen and oxygen atoms in total. The topological polar surface area (TPSA) is 135 Å². The first-order valence-corrected chi connectivity index (χ1v) is 9.56. The molecule has 0 radical (unpaired) electrons. The number of carbonyl (C=O) groups excluding carboxylic acids is 2. The maximum absolute atomic E-state index is 11.9. The number of nitrogens with one attached hydrogen (secondary N) is 1. The highest BCUT2D eigenvalue weighted by Gasteiger charge is 2.43. The van der Waals surface area contributed by atoms with Gasteiger partial charge in [-0.1, -0.05) is 0 Å². The summed E-state index contributed by atoms with van der Waals surface area (Å²) in [5.74, 6) is -0.622. The van der Waals surface area contributed by atoms with E-state index in [-0.39, 0.29) is 5.75 Å². The summed E-state index contributed by atoms with van der Waals surface area (Å²) < 4.78 is 15.3.